The third kappa shape index (κ3) is 5.56. The van der Waals surface area contributed by atoms with Crippen LogP contribution >= 0.6 is 23.2 Å². The van der Waals surface area contributed by atoms with Crippen molar-refractivity contribution in [2.75, 3.05) is 5.32 Å². The van der Waals surface area contributed by atoms with Gasteiger partial charge in [-0.2, -0.15) is 10.5 Å². The van der Waals surface area contributed by atoms with E-state index in [9.17, 15) is 23.7 Å². The van der Waals surface area contributed by atoms with E-state index in [0.717, 1.165) is 12.1 Å². The first kappa shape index (κ1) is 23.9. The summed E-state index contributed by atoms with van der Waals surface area (Å²) in [6.07, 6.45) is -1.81. The smallest absolute Gasteiger partial charge is 0.406 e. The third-order valence-electron chi connectivity index (χ3n) is 4.42. The molecule has 0 saturated carbocycles. The van der Waals surface area contributed by atoms with Gasteiger partial charge in [0, 0.05) is 33.1 Å². The zero-order valence-electron chi connectivity index (χ0n) is 16.8. The first-order chi connectivity index (χ1) is 15.6. The lowest BCUT2D eigenvalue weighted by atomic mass is 9.93. The van der Waals surface area contributed by atoms with Gasteiger partial charge < -0.3 is 10.1 Å². The van der Waals surface area contributed by atoms with Gasteiger partial charge in [0.05, 0.1) is 22.5 Å². The van der Waals surface area contributed by atoms with Gasteiger partial charge >= 0.3 is 6.36 Å². The van der Waals surface area contributed by atoms with E-state index in [-0.39, 0.29) is 38.2 Å². The van der Waals surface area contributed by atoms with Crippen molar-refractivity contribution in [1.82, 2.24) is 4.98 Å². The molecule has 5 nitrogen and oxygen atoms in total. The first-order valence-electron chi connectivity index (χ1n) is 9.22. The lowest BCUT2D eigenvalue weighted by molar-refractivity contribution is -0.274. The Balaban J connectivity index is 1.98. The molecule has 33 heavy (non-hydrogen) atoms. The van der Waals surface area contributed by atoms with Crippen LogP contribution in [0.1, 0.15) is 22.5 Å². The Morgan fingerprint density at radius 3 is 2.12 bits per heavy atom. The number of ether oxygens (including phenoxy) is 1. The summed E-state index contributed by atoms with van der Waals surface area (Å²) >= 11 is 12.7. The standard InChI is InChI=1S/C23H13Cl2F3N4O/c1-13-16(11-29)21(22-18(24)3-2-4-19(22)25)17(12-30)20(32-13)9-10-31-14-5-7-15(8-6-14)33-23(26,27)28/h2-10,31H,1H3/b10-9+. The minimum Gasteiger partial charge on any atom is -0.406 e. The molecule has 0 unspecified atom stereocenters. The predicted octanol–water partition coefficient (Wildman–Crippen LogP) is 7.09. The monoisotopic (exact) mass is 488 g/mol. The molecule has 1 N–H and O–H groups in total. The van der Waals surface area contributed by atoms with E-state index in [0.29, 0.717) is 16.9 Å². The number of hydrogen-bond acceptors (Lipinski definition) is 5. The normalized spacial score (nSPS) is 11.2. The fraction of sp³-hybridized carbons (Fsp3) is 0.0870. The van der Waals surface area contributed by atoms with E-state index >= 15 is 0 Å². The molecule has 166 valence electrons. The zero-order chi connectivity index (χ0) is 24.2. The second-order valence-electron chi connectivity index (χ2n) is 6.58. The van der Waals surface area contributed by atoms with Crippen LogP contribution in [0, 0.1) is 29.6 Å². The summed E-state index contributed by atoms with van der Waals surface area (Å²) in [6.45, 7) is 1.62. The van der Waals surface area contributed by atoms with E-state index < -0.39 is 6.36 Å². The zero-order valence-corrected chi connectivity index (χ0v) is 18.3. The Hall–Kier alpha value is -3.72. The van der Waals surface area contributed by atoms with Crippen LogP contribution in [0.25, 0.3) is 17.2 Å². The number of aromatic nitrogens is 1. The molecule has 10 heteroatoms. The van der Waals surface area contributed by atoms with Gasteiger partial charge in [-0.25, -0.2) is 0 Å². The molecule has 0 atom stereocenters. The number of nitrogens with zero attached hydrogens (tertiary/aromatic N) is 3. The first-order valence-corrected chi connectivity index (χ1v) is 9.98. The number of benzene rings is 2. The quantitative estimate of drug-likeness (QED) is 0.414. The van der Waals surface area contributed by atoms with Crippen molar-refractivity contribution in [2.45, 2.75) is 13.3 Å². The Morgan fingerprint density at radius 1 is 0.970 bits per heavy atom. The molecule has 0 saturated heterocycles. The van der Waals surface area contributed by atoms with Crippen LogP contribution in [0.5, 0.6) is 5.75 Å². The average Bonchev–Trinajstić information content (AvgIpc) is 2.74. The molecule has 0 spiro atoms. The van der Waals surface area contributed by atoms with Crippen molar-refractivity contribution < 1.29 is 17.9 Å². The van der Waals surface area contributed by atoms with Crippen molar-refractivity contribution in [3.05, 3.63) is 81.2 Å². The van der Waals surface area contributed by atoms with Gasteiger partial charge in [-0.1, -0.05) is 29.3 Å². The van der Waals surface area contributed by atoms with Crippen molar-refractivity contribution in [1.29, 1.82) is 10.5 Å². The molecule has 2 aromatic carbocycles. The fourth-order valence-electron chi connectivity index (χ4n) is 3.05. The summed E-state index contributed by atoms with van der Waals surface area (Å²) in [5.41, 5.74) is 1.99. The molecule has 0 fully saturated rings. The van der Waals surface area contributed by atoms with Crippen molar-refractivity contribution >= 4 is 35.0 Å². The molecule has 0 amide bonds. The fourth-order valence-corrected chi connectivity index (χ4v) is 3.64. The van der Waals surface area contributed by atoms with Gasteiger partial charge in [-0.15, -0.1) is 13.2 Å². The average molecular weight is 489 g/mol. The van der Waals surface area contributed by atoms with Crippen molar-refractivity contribution in [2.24, 2.45) is 0 Å². The summed E-state index contributed by atoms with van der Waals surface area (Å²) < 4.78 is 40.7. The highest BCUT2D eigenvalue weighted by atomic mass is 35.5. The molecule has 3 rings (SSSR count). The Morgan fingerprint density at radius 2 is 1.58 bits per heavy atom. The summed E-state index contributed by atoms with van der Waals surface area (Å²) in [4.78, 5) is 4.34. The molecule has 0 aliphatic heterocycles. The number of pyridine rings is 1. The second kappa shape index (κ2) is 9.83. The van der Waals surface area contributed by atoms with Crippen molar-refractivity contribution in [3.63, 3.8) is 0 Å². The second-order valence-corrected chi connectivity index (χ2v) is 7.39. The van der Waals surface area contributed by atoms with E-state index in [1.54, 1.807) is 25.1 Å². The Bertz CT molecular complexity index is 1290. The van der Waals surface area contributed by atoms with Gasteiger partial charge in [-0.3, -0.25) is 4.98 Å². The summed E-state index contributed by atoms with van der Waals surface area (Å²) in [5, 5.41) is 22.9. The highest BCUT2D eigenvalue weighted by Crippen LogP contribution is 2.40. The van der Waals surface area contributed by atoms with Gasteiger partial charge in [0.15, 0.2) is 0 Å². The van der Waals surface area contributed by atoms with E-state index in [2.05, 4.69) is 27.2 Å². The number of aryl methyl sites for hydroxylation is 1. The van der Waals surface area contributed by atoms with Crippen LogP contribution in [0.4, 0.5) is 18.9 Å². The SMILES string of the molecule is Cc1nc(/C=C/Nc2ccc(OC(F)(F)F)cc2)c(C#N)c(-c2c(Cl)cccc2Cl)c1C#N. The lowest BCUT2D eigenvalue weighted by Gasteiger charge is -2.14. The Labute approximate surface area is 197 Å². The van der Waals surface area contributed by atoms with Gasteiger partial charge in [0.1, 0.15) is 17.9 Å². The summed E-state index contributed by atoms with van der Waals surface area (Å²) in [7, 11) is 0. The minimum atomic E-state index is -4.77. The van der Waals surface area contributed by atoms with Crippen molar-refractivity contribution in [3.8, 4) is 29.0 Å². The largest absolute Gasteiger partial charge is 0.573 e. The topological polar surface area (TPSA) is 81.7 Å². The van der Waals surface area contributed by atoms with Crippen LogP contribution in [-0.4, -0.2) is 11.3 Å². The maximum Gasteiger partial charge on any atom is 0.573 e. The Kier molecular flexibility index (Phi) is 7.13. The highest BCUT2D eigenvalue weighted by Gasteiger charge is 2.31. The maximum atomic E-state index is 12.3. The molecule has 3 aromatic rings. The van der Waals surface area contributed by atoms with E-state index in [1.165, 1.54) is 24.4 Å². The van der Waals surface area contributed by atoms with Gasteiger partial charge in [0.2, 0.25) is 0 Å². The van der Waals surface area contributed by atoms with Crippen LogP contribution in [0.2, 0.25) is 10.0 Å². The molecular weight excluding hydrogens is 476 g/mol. The predicted molar refractivity (Wildman–Crippen MR) is 120 cm³/mol. The number of alkyl halides is 3. The lowest BCUT2D eigenvalue weighted by Crippen LogP contribution is -2.16. The van der Waals surface area contributed by atoms with Crippen LogP contribution in [0.3, 0.4) is 0 Å². The number of hydrogen-bond donors (Lipinski definition) is 1. The molecule has 0 aliphatic carbocycles. The molecular formula is C23H13Cl2F3N4O. The number of anilines is 1. The minimum absolute atomic E-state index is 0.0964. The maximum absolute atomic E-state index is 12.3. The van der Waals surface area contributed by atoms with Gasteiger partial charge in [-0.05, 0) is 49.4 Å². The molecule has 0 aliphatic rings. The van der Waals surface area contributed by atoms with Crippen LogP contribution in [0.15, 0.2) is 48.7 Å². The number of halogens is 5. The number of rotatable bonds is 5. The van der Waals surface area contributed by atoms with E-state index in [1.807, 2.05) is 0 Å². The summed E-state index contributed by atoms with van der Waals surface area (Å²) in [5.74, 6) is -0.352. The van der Waals surface area contributed by atoms with E-state index in [4.69, 9.17) is 23.2 Å². The molecule has 0 bridgehead atoms. The molecule has 0 radical (unpaired) electrons. The van der Waals surface area contributed by atoms with Crippen LogP contribution < -0.4 is 10.1 Å². The summed E-state index contributed by atoms with van der Waals surface area (Å²) in [6, 6.07) is 14.1. The number of nitriles is 2. The van der Waals surface area contributed by atoms with Gasteiger partial charge in [0.25, 0.3) is 0 Å². The molecule has 1 heterocycles. The highest BCUT2D eigenvalue weighted by molar-refractivity contribution is 6.39. The third-order valence-corrected chi connectivity index (χ3v) is 5.05. The molecule has 1 aromatic heterocycles. The number of nitrogens with one attached hydrogen (secondary N) is 1. The van der Waals surface area contributed by atoms with Crippen LogP contribution in [-0.2, 0) is 0 Å².